The van der Waals surface area contributed by atoms with Gasteiger partial charge in [-0.05, 0) is 30.3 Å². The highest BCUT2D eigenvalue weighted by Crippen LogP contribution is 2.22. The van der Waals surface area contributed by atoms with Gasteiger partial charge in [0.25, 0.3) is 0 Å². The predicted octanol–water partition coefficient (Wildman–Crippen LogP) is 2.15. The summed E-state index contributed by atoms with van der Waals surface area (Å²) in [5.74, 6) is 0.273. The minimum atomic E-state index is -3.58. The van der Waals surface area contributed by atoms with E-state index < -0.39 is 9.84 Å². The number of sulfone groups is 1. The van der Waals surface area contributed by atoms with Crippen molar-refractivity contribution in [2.75, 3.05) is 5.73 Å². The van der Waals surface area contributed by atoms with Crippen molar-refractivity contribution < 1.29 is 8.42 Å². The van der Waals surface area contributed by atoms with Gasteiger partial charge in [-0.1, -0.05) is 17.7 Å². The highest BCUT2D eigenvalue weighted by molar-refractivity contribution is 7.91. The monoisotopic (exact) mass is 268 g/mol. The van der Waals surface area contributed by atoms with Crippen LogP contribution in [0.15, 0.2) is 52.4 Å². The van der Waals surface area contributed by atoms with Gasteiger partial charge in [0.15, 0.2) is 0 Å². The molecule has 0 aliphatic rings. The Morgan fingerprint density at radius 2 is 1.88 bits per heavy atom. The van der Waals surface area contributed by atoms with Gasteiger partial charge in [0.05, 0.1) is 9.79 Å². The Balaban J connectivity index is 2.54. The minimum Gasteiger partial charge on any atom is -0.384 e. The quantitative estimate of drug-likeness (QED) is 0.906. The van der Waals surface area contributed by atoms with E-state index in [1.54, 1.807) is 12.1 Å². The molecule has 2 rings (SSSR count). The fourth-order valence-corrected chi connectivity index (χ4v) is 2.83. The lowest BCUT2D eigenvalue weighted by atomic mass is 10.4. The molecule has 0 fully saturated rings. The van der Waals surface area contributed by atoms with Crippen LogP contribution in [-0.2, 0) is 9.84 Å². The Morgan fingerprint density at radius 3 is 2.47 bits per heavy atom. The Hall–Kier alpha value is -1.59. The van der Waals surface area contributed by atoms with Gasteiger partial charge in [-0.25, -0.2) is 13.4 Å². The van der Waals surface area contributed by atoms with Crippen molar-refractivity contribution in [3.63, 3.8) is 0 Å². The van der Waals surface area contributed by atoms with Crippen molar-refractivity contribution in [2.45, 2.75) is 9.79 Å². The first kappa shape index (κ1) is 11.9. The summed E-state index contributed by atoms with van der Waals surface area (Å²) >= 11 is 5.76. The smallest absolute Gasteiger partial charge is 0.208 e. The molecule has 0 aliphatic carbocycles. The molecule has 1 heterocycles. The van der Waals surface area contributed by atoms with Crippen molar-refractivity contribution in [1.29, 1.82) is 0 Å². The summed E-state index contributed by atoms with van der Waals surface area (Å²) in [5, 5.41) is 0.370. The van der Waals surface area contributed by atoms with Crippen LogP contribution in [0, 0.1) is 0 Å². The molecule has 0 radical (unpaired) electrons. The van der Waals surface area contributed by atoms with Gasteiger partial charge >= 0.3 is 0 Å². The third-order valence-electron chi connectivity index (χ3n) is 2.18. The maximum atomic E-state index is 12.2. The minimum absolute atomic E-state index is 0.0916. The number of aromatic nitrogens is 1. The number of rotatable bonds is 2. The summed E-state index contributed by atoms with van der Waals surface area (Å²) in [6.45, 7) is 0. The summed E-state index contributed by atoms with van der Waals surface area (Å²) in [7, 11) is -3.58. The third-order valence-corrected chi connectivity index (χ3v) is 4.15. The van der Waals surface area contributed by atoms with E-state index in [2.05, 4.69) is 4.98 Å². The van der Waals surface area contributed by atoms with Gasteiger partial charge in [-0.2, -0.15) is 0 Å². The van der Waals surface area contributed by atoms with Crippen LogP contribution in [0.2, 0.25) is 5.02 Å². The zero-order valence-electron chi connectivity index (χ0n) is 8.67. The van der Waals surface area contributed by atoms with Crippen molar-refractivity contribution in [3.8, 4) is 0 Å². The molecule has 17 heavy (non-hydrogen) atoms. The zero-order chi connectivity index (χ0) is 12.5. The fourth-order valence-electron chi connectivity index (χ4n) is 1.32. The van der Waals surface area contributed by atoms with Crippen molar-refractivity contribution in [2.24, 2.45) is 0 Å². The molecule has 1 aromatic heterocycles. The number of nitrogens with zero attached hydrogens (tertiary/aromatic N) is 1. The largest absolute Gasteiger partial charge is 0.384 e. The molecule has 0 bridgehead atoms. The summed E-state index contributed by atoms with van der Waals surface area (Å²) in [6, 6.07) is 8.93. The summed E-state index contributed by atoms with van der Waals surface area (Å²) in [6.07, 6.45) is 1.23. The summed E-state index contributed by atoms with van der Waals surface area (Å²) in [5.41, 5.74) is 5.41. The van der Waals surface area contributed by atoms with Crippen LogP contribution in [0.3, 0.4) is 0 Å². The highest BCUT2D eigenvalue weighted by atomic mass is 35.5. The molecule has 4 nitrogen and oxygen atoms in total. The second-order valence-electron chi connectivity index (χ2n) is 3.38. The van der Waals surface area contributed by atoms with Gasteiger partial charge in [-0.3, -0.25) is 0 Å². The van der Waals surface area contributed by atoms with Crippen LogP contribution in [0.25, 0.3) is 0 Å². The fraction of sp³-hybridized carbons (Fsp3) is 0. The normalized spacial score (nSPS) is 11.4. The number of pyridine rings is 1. The molecule has 88 valence electrons. The lowest BCUT2D eigenvalue weighted by molar-refractivity contribution is 0.595. The third kappa shape index (κ3) is 2.40. The van der Waals surface area contributed by atoms with Crippen molar-refractivity contribution in [1.82, 2.24) is 4.98 Å². The van der Waals surface area contributed by atoms with Crippen LogP contribution in [0.4, 0.5) is 5.82 Å². The highest BCUT2D eigenvalue weighted by Gasteiger charge is 2.17. The average Bonchev–Trinajstić information content (AvgIpc) is 2.29. The van der Waals surface area contributed by atoms with Crippen molar-refractivity contribution >= 4 is 27.3 Å². The second kappa shape index (κ2) is 4.35. The summed E-state index contributed by atoms with van der Waals surface area (Å²) in [4.78, 5) is 3.99. The molecule has 0 atom stereocenters. The van der Waals surface area contributed by atoms with Gasteiger partial charge < -0.3 is 5.73 Å². The first-order valence-corrected chi connectivity index (χ1v) is 6.58. The van der Waals surface area contributed by atoms with E-state index in [1.165, 1.54) is 30.5 Å². The van der Waals surface area contributed by atoms with Crippen LogP contribution in [0.1, 0.15) is 0 Å². The Labute approximate surface area is 104 Å². The Bertz CT molecular complexity index is 639. The maximum absolute atomic E-state index is 12.2. The second-order valence-corrected chi connectivity index (χ2v) is 5.77. The Kier molecular flexibility index (Phi) is 3.04. The van der Waals surface area contributed by atoms with E-state index >= 15 is 0 Å². The molecule has 0 unspecified atom stereocenters. The van der Waals surface area contributed by atoms with Gasteiger partial charge in [0, 0.05) is 11.2 Å². The van der Waals surface area contributed by atoms with Crippen molar-refractivity contribution in [3.05, 3.63) is 47.6 Å². The van der Waals surface area contributed by atoms with Gasteiger partial charge in [0.1, 0.15) is 5.82 Å². The number of nitrogens with two attached hydrogens (primary N) is 1. The molecule has 2 aromatic rings. The molecule has 0 saturated carbocycles. The van der Waals surface area contributed by atoms with E-state index in [9.17, 15) is 8.42 Å². The molecule has 0 saturated heterocycles. The average molecular weight is 269 g/mol. The van der Waals surface area contributed by atoms with E-state index in [1.807, 2.05) is 0 Å². The van der Waals surface area contributed by atoms with Crippen LogP contribution in [0.5, 0.6) is 0 Å². The first-order chi connectivity index (χ1) is 8.00. The molecular formula is C11H9ClN2O2S. The van der Waals surface area contributed by atoms with E-state index in [-0.39, 0.29) is 15.6 Å². The molecule has 0 aliphatic heterocycles. The van der Waals surface area contributed by atoms with Crippen LogP contribution < -0.4 is 5.73 Å². The first-order valence-electron chi connectivity index (χ1n) is 4.72. The van der Waals surface area contributed by atoms with Crippen LogP contribution >= 0.6 is 11.6 Å². The van der Waals surface area contributed by atoms with E-state index in [4.69, 9.17) is 17.3 Å². The van der Waals surface area contributed by atoms with Gasteiger partial charge in [0.2, 0.25) is 9.84 Å². The standard InChI is InChI=1S/C11H9ClN2O2S/c12-8-2-1-3-9(6-8)17(15,16)10-4-5-11(13)14-7-10/h1-7H,(H2,13,14). The topological polar surface area (TPSA) is 73.1 Å². The number of nitrogen functional groups attached to an aromatic ring is 1. The van der Waals surface area contributed by atoms with Gasteiger partial charge in [-0.15, -0.1) is 0 Å². The molecule has 1 aromatic carbocycles. The predicted molar refractivity (Wildman–Crippen MR) is 65.6 cm³/mol. The summed E-state index contributed by atoms with van der Waals surface area (Å²) < 4.78 is 24.3. The number of hydrogen-bond acceptors (Lipinski definition) is 4. The number of halogens is 1. The molecule has 2 N–H and O–H groups in total. The molecule has 6 heteroatoms. The Morgan fingerprint density at radius 1 is 1.12 bits per heavy atom. The van der Waals surface area contributed by atoms with Crippen LogP contribution in [-0.4, -0.2) is 13.4 Å². The number of hydrogen-bond donors (Lipinski definition) is 1. The lowest BCUT2D eigenvalue weighted by Crippen LogP contribution is -2.03. The zero-order valence-corrected chi connectivity index (χ0v) is 10.2. The molecule has 0 amide bonds. The van der Waals surface area contributed by atoms with E-state index in [0.29, 0.717) is 5.02 Å². The SMILES string of the molecule is Nc1ccc(S(=O)(=O)c2cccc(Cl)c2)cn1. The maximum Gasteiger partial charge on any atom is 0.208 e. The molecular weight excluding hydrogens is 260 g/mol. The number of benzene rings is 1. The number of anilines is 1. The lowest BCUT2D eigenvalue weighted by Gasteiger charge is -2.04. The van der Waals surface area contributed by atoms with E-state index in [0.717, 1.165) is 0 Å². The molecule has 0 spiro atoms.